The molecular weight excluding hydrogens is 256 g/mol. The van der Waals surface area contributed by atoms with Crippen molar-refractivity contribution in [2.45, 2.75) is 71.3 Å². The quantitative estimate of drug-likeness (QED) is 0.577. The molecule has 0 aliphatic heterocycles. The Morgan fingerprint density at radius 1 is 1.10 bits per heavy atom. The normalized spacial score (nSPS) is 14.2. The number of likely N-dealkylation sites (N-methyl/N-ethyl adjacent to an activating group) is 1. The number of carboxylic acid groups (broad SMARTS) is 1. The lowest BCUT2D eigenvalue weighted by Gasteiger charge is -2.40. The molecule has 5 nitrogen and oxygen atoms in total. The first-order valence-electron chi connectivity index (χ1n) is 7.71. The van der Waals surface area contributed by atoms with Gasteiger partial charge in [-0.3, -0.25) is 14.5 Å². The van der Waals surface area contributed by atoms with Gasteiger partial charge in [-0.15, -0.1) is 0 Å². The number of carbonyl (C=O) groups is 2. The van der Waals surface area contributed by atoms with Gasteiger partial charge in [-0.05, 0) is 32.4 Å². The van der Waals surface area contributed by atoms with Crippen molar-refractivity contribution in [2.75, 3.05) is 13.1 Å². The number of primary amides is 1. The predicted octanol–water partition coefficient (Wildman–Crippen LogP) is 2.39. The molecule has 0 aromatic carbocycles. The number of amides is 1. The lowest BCUT2D eigenvalue weighted by molar-refractivity contribution is -0.153. The van der Waals surface area contributed by atoms with Gasteiger partial charge in [0.25, 0.3) is 0 Å². The molecule has 3 N–H and O–H groups in total. The molecule has 0 bridgehead atoms. The molecule has 5 heteroatoms. The SMILES string of the molecule is CCCCN(CC)[C@@](CCCC)(CCC(N)=O)C(=O)O. The molecular formula is C15H30N2O3. The molecule has 0 heterocycles. The third-order valence-corrected chi connectivity index (χ3v) is 3.90. The van der Waals surface area contributed by atoms with E-state index in [2.05, 4.69) is 6.92 Å². The summed E-state index contributed by atoms with van der Waals surface area (Å²) in [6.07, 6.45) is 4.77. The van der Waals surface area contributed by atoms with E-state index in [0.717, 1.165) is 32.2 Å². The van der Waals surface area contributed by atoms with Crippen molar-refractivity contribution < 1.29 is 14.7 Å². The summed E-state index contributed by atoms with van der Waals surface area (Å²) in [6.45, 7) is 7.54. The Bertz CT molecular complexity index is 307. The van der Waals surface area contributed by atoms with Crippen LogP contribution in [0.1, 0.15) is 65.7 Å². The summed E-state index contributed by atoms with van der Waals surface area (Å²) in [5.74, 6) is -1.26. The largest absolute Gasteiger partial charge is 0.480 e. The monoisotopic (exact) mass is 286 g/mol. The minimum Gasteiger partial charge on any atom is -0.480 e. The maximum atomic E-state index is 11.9. The van der Waals surface area contributed by atoms with Crippen molar-refractivity contribution in [1.29, 1.82) is 0 Å². The number of carboxylic acids is 1. The van der Waals surface area contributed by atoms with Gasteiger partial charge in [-0.25, -0.2) is 0 Å². The molecule has 0 aromatic heterocycles. The number of rotatable bonds is 12. The van der Waals surface area contributed by atoms with Crippen LogP contribution in [-0.4, -0.2) is 40.5 Å². The van der Waals surface area contributed by atoms with Gasteiger partial charge in [0.1, 0.15) is 5.54 Å². The van der Waals surface area contributed by atoms with Crippen molar-refractivity contribution in [3.63, 3.8) is 0 Å². The van der Waals surface area contributed by atoms with Gasteiger partial charge < -0.3 is 10.8 Å². The Hall–Kier alpha value is -1.10. The Morgan fingerprint density at radius 3 is 2.10 bits per heavy atom. The Kier molecular flexibility index (Phi) is 9.21. The summed E-state index contributed by atoms with van der Waals surface area (Å²) in [7, 11) is 0. The molecule has 118 valence electrons. The molecule has 1 amide bonds. The number of aliphatic carboxylic acids is 1. The second kappa shape index (κ2) is 9.75. The van der Waals surface area contributed by atoms with E-state index >= 15 is 0 Å². The number of hydrogen-bond donors (Lipinski definition) is 2. The van der Waals surface area contributed by atoms with Gasteiger partial charge in [-0.2, -0.15) is 0 Å². The summed E-state index contributed by atoms with van der Waals surface area (Å²) in [5, 5.41) is 9.77. The van der Waals surface area contributed by atoms with Crippen LogP contribution in [0.4, 0.5) is 0 Å². The lowest BCUT2D eigenvalue weighted by atomic mass is 9.85. The van der Waals surface area contributed by atoms with E-state index in [1.807, 2.05) is 18.7 Å². The standard InChI is InChI=1S/C15H30N2O3/c1-4-7-10-15(14(19)20,11-9-13(16)18)17(6-3)12-8-5-2/h4-12H2,1-3H3,(H2,16,18)(H,19,20)/t15-/m0/s1. The molecule has 0 fully saturated rings. The highest BCUT2D eigenvalue weighted by Gasteiger charge is 2.42. The molecule has 0 saturated heterocycles. The number of nitrogens with zero attached hydrogens (tertiary/aromatic N) is 1. The highest BCUT2D eigenvalue weighted by atomic mass is 16.4. The maximum absolute atomic E-state index is 11.9. The van der Waals surface area contributed by atoms with E-state index in [4.69, 9.17) is 5.73 Å². The Labute approximate surface area is 122 Å². The van der Waals surface area contributed by atoms with Crippen molar-refractivity contribution in [3.05, 3.63) is 0 Å². The third kappa shape index (κ3) is 5.49. The number of hydrogen-bond acceptors (Lipinski definition) is 3. The van der Waals surface area contributed by atoms with Gasteiger partial charge in [-0.1, -0.05) is 40.0 Å². The zero-order valence-electron chi connectivity index (χ0n) is 13.2. The first-order chi connectivity index (χ1) is 9.44. The van der Waals surface area contributed by atoms with Gasteiger partial charge in [0.2, 0.25) is 5.91 Å². The lowest BCUT2D eigenvalue weighted by Crippen LogP contribution is -2.55. The van der Waals surface area contributed by atoms with Crippen molar-refractivity contribution in [1.82, 2.24) is 4.90 Å². The Morgan fingerprint density at radius 2 is 1.70 bits per heavy atom. The molecule has 0 aliphatic carbocycles. The fourth-order valence-corrected chi connectivity index (χ4v) is 2.61. The van der Waals surface area contributed by atoms with Gasteiger partial charge in [0.15, 0.2) is 0 Å². The van der Waals surface area contributed by atoms with E-state index in [0.29, 0.717) is 19.4 Å². The summed E-state index contributed by atoms with van der Waals surface area (Å²) < 4.78 is 0. The molecule has 0 spiro atoms. The maximum Gasteiger partial charge on any atom is 0.324 e. The van der Waals surface area contributed by atoms with E-state index < -0.39 is 17.4 Å². The molecule has 0 radical (unpaired) electrons. The fraction of sp³-hybridized carbons (Fsp3) is 0.867. The molecule has 0 aliphatic rings. The van der Waals surface area contributed by atoms with Crippen molar-refractivity contribution in [2.24, 2.45) is 5.73 Å². The fourth-order valence-electron chi connectivity index (χ4n) is 2.61. The minimum absolute atomic E-state index is 0.124. The number of unbranched alkanes of at least 4 members (excludes halogenated alkanes) is 2. The van der Waals surface area contributed by atoms with E-state index in [-0.39, 0.29) is 6.42 Å². The van der Waals surface area contributed by atoms with Crippen molar-refractivity contribution >= 4 is 11.9 Å². The van der Waals surface area contributed by atoms with Crippen LogP contribution in [0.5, 0.6) is 0 Å². The first-order valence-corrected chi connectivity index (χ1v) is 7.71. The summed E-state index contributed by atoms with van der Waals surface area (Å²) in [4.78, 5) is 25.0. The second-order valence-electron chi connectivity index (χ2n) is 5.34. The second-order valence-corrected chi connectivity index (χ2v) is 5.34. The average molecular weight is 286 g/mol. The van der Waals surface area contributed by atoms with Crippen LogP contribution in [0.15, 0.2) is 0 Å². The van der Waals surface area contributed by atoms with Crippen LogP contribution in [0.3, 0.4) is 0 Å². The number of nitrogens with two attached hydrogens (primary N) is 1. The van der Waals surface area contributed by atoms with Gasteiger partial charge in [0.05, 0.1) is 0 Å². The van der Waals surface area contributed by atoms with Gasteiger partial charge in [0, 0.05) is 6.42 Å². The minimum atomic E-state index is -0.949. The van der Waals surface area contributed by atoms with Crippen molar-refractivity contribution in [3.8, 4) is 0 Å². The summed E-state index contributed by atoms with van der Waals surface area (Å²) >= 11 is 0. The van der Waals surface area contributed by atoms with Crippen LogP contribution in [-0.2, 0) is 9.59 Å². The zero-order valence-corrected chi connectivity index (χ0v) is 13.2. The molecule has 1 atom stereocenters. The highest BCUT2D eigenvalue weighted by molar-refractivity contribution is 5.81. The smallest absolute Gasteiger partial charge is 0.324 e. The molecule has 0 rings (SSSR count). The average Bonchev–Trinajstić information content (AvgIpc) is 2.41. The van der Waals surface area contributed by atoms with Crippen LogP contribution < -0.4 is 5.73 Å². The first kappa shape index (κ1) is 18.9. The zero-order chi connectivity index (χ0) is 15.6. The summed E-state index contributed by atoms with van der Waals surface area (Å²) in [5.41, 5.74) is 4.27. The van der Waals surface area contributed by atoms with E-state index in [9.17, 15) is 14.7 Å². The number of carbonyl (C=O) groups excluding carboxylic acids is 1. The van der Waals surface area contributed by atoms with Crippen LogP contribution in [0.2, 0.25) is 0 Å². The predicted molar refractivity (Wildman–Crippen MR) is 80.5 cm³/mol. The molecule has 0 unspecified atom stereocenters. The van der Waals surface area contributed by atoms with Crippen LogP contribution in [0.25, 0.3) is 0 Å². The summed E-state index contributed by atoms with van der Waals surface area (Å²) in [6, 6.07) is 0. The topological polar surface area (TPSA) is 83.6 Å². The van der Waals surface area contributed by atoms with Crippen LogP contribution >= 0.6 is 0 Å². The van der Waals surface area contributed by atoms with E-state index in [1.165, 1.54) is 0 Å². The third-order valence-electron chi connectivity index (χ3n) is 3.90. The van der Waals surface area contributed by atoms with E-state index in [1.54, 1.807) is 0 Å². The van der Waals surface area contributed by atoms with Crippen LogP contribution in [0, 0.1) is 0 Å². The molecule has 0 saturated carbocycles. The Balaban J connectivity index is 5.20. The van der Waals surface area contributed by atoms with Gasteiger partial charge >= 0.3 is 5.97 Å². The highest BCUT2D eigenvalue weighted by Crippen LogP contribution is 2.29. The molecule has 20 heavy (non-hydrogen) atoms. The molecule has 0 aromatic rings.